The number of benzene rings is 2. The van der Waals surface area contributed by atoms with Crippen molar-refractivity contribution in [3.05, 3.63) is 53.1 Å². The molecule has 0 unspecified atom stereocenters. The molecule has 0 atom stereocenters. The van der Waals surface area contributed by atoms with Gasteiger partial charge in [0.15, 0.2) is 0 Å². The van der Waals surface area contributed by atoms with Crippen molar-refractivity contribution in [1.29, 1.82) is 0 Å². The second-order valence-corrected chi connectivity index (χ2v) is 4.36. The Kier molecular flexibility index (Phi) is 2.49. The van der Waals surface area contributed by atoms with Crippen LogP contribution in [0.15, 0.2) is 47.3 Å². The number of fused-ring (bicyclic) bond motifs is 1. The van der Waals surface area contributed by atoms with Crippen LogP contribution in [0.25, 0.3) is 10.8 Å². The molecule has 1 N–H and O–H groups in total. The van der Waals surface area contributed by atoms with Crippen molar-refractivity contribution in [2.45, 2.75) is 0 Å². The van der Waals surface area contributed by atoms with Gasteiger partial charge < -0.3 is 5.32 Å². The topological polar surface area (TPSA) is 24.9 Å². The largest absolute Gasteiger partial charge is 0.339 e. The van der Waals surface area contributed by atoms with Crippen LogP contribution in [0.5, 0.6) is 0 Å². The van der Waals surface area contributed by atoms with Gasteiger partial charge in [-0.25, -0.2) is 9.37 Å². The molecule has 0 saturated heterocycles. The van der Waals surface area contributed by atoms with Gasteiger partial charge in [-0.2, -0.15) is 0 Å². The third-order valence-corrected chi connectivity index (χ3v) is 3.15. The van der Waals surface area contributed by atoms with E-state index in [1.165, 1.54) is 17.4 Å². The van der Waals surface area contributed by atoms with Crippen molar-refractivity contribution in [1.82, 2.24) is 4.98 Å². The molecule has 84 valence electrons. The van der Waals surface area contributed by atoms with Crippen molar-refractivity contribution in [3.8, 4) is 0 Å². The second kappa shape index (κ2) is 4.14. The number of nitrogens with one attached hydrogen (secondary N) is 1. The van der Waals surface area contributed by atoms with Crippen molar-refractivity contribution < 1.29 is 4.39 Å². The number of hydrogen-bond donors (Lipinski definition) is 1. The molecule has 0 aliphatic heterocycles. The van der Waals surface area contributed by atoms with Crippen LogP contribution >= 0.6 is 11.3 Å². The van der Waals surface area contributed by atoms with Crippen molar-refractivity contribution in [2.75, 3.05) is 5.32 Å². The number of hydrogen-bond acceptors (Lipinski definition) is 3. The van der Waals surface area contributed by atoms with Crippen LogP contribution in [0.1, 0.15) is 0 Å². The highest BCUT2D eigenvalue weighted by atomic mass is 32.1. The molecule has 0 bridgehead atoms. The van der Waals surface area contributed by atoms with Gasteiger partial charge in [-0.3, -0.25) is 0 Å². The minimum Gasteiger partial charge on any atom is -0.339 e. The van der Waals surface area contributed by atoms with E-state index in [1.54, 1.807) is 17.6 Å². The Morgan fingerprint density at radius 3 is 2.65 bits per heavy atom. The number of anilines is 2. The van der Waals surface area contributed by atoms with Gasteiger partial charge in [-0.15, -0.1) is 11.3 Å². The monoisotopic (exact) mass is 244 g/mol. The van der Waals surface area contributed by atoms with E-state index in [1.807, 2.05) is 23.6 Å². The Morgan fingerprint density at radius 2 is 1.88 bits per heavy atom. The molecule has 0 radical (unpaired) electrons. The van der Waals surface area contributed by atoms with Crippen LogP contribution in [-0.4, -0.2) is 4.98 Å². The third kappa shape index (κ3) is 1.87. The Bertz CT molecular complexity index is 650. The minimum atomic E-state index is -0.204. The highest BCUT2D eigenvalue weighted by Gasteiger charge is 2.05. The van der Waals surface area contributed by atoms with Gasteiger partial charge in [0, 0.05) is 21.8 Å². The quantitative estimate of drug-likeness (QED) is 0.731. The molecule has 17 heavy (non-hydrogen) atoms. The predicted octanol–water partition coefficient (Wildman–Crippen LogP) is 4.18. The molecule has 0 spiro atoms. The summed E-state index contributed by atoms with van der Waals surface area (Å²) >= 11 is 1.52. The minimum absolute atomic E-state index is 0.204. The third-order valence-electron chi connectivity index (χ3n) is 2.57. The Morgan fingerprint density at radius 1 is 1.06 bits per heavy atom. The van der Waals surface area contributed by atoms with Gasteiger partial charge in [0.2, 0.25) is 0 Å². The fourth-order valence-corrected chi connectivity index (χ4v) is 2.27. The molecule has 3 aromatic rings. The highest BCUT2D eigenvalue weighted by molar-refractivity contribution is 7.07. The molecule has 2 nitrogen and oxygen atoms in total. The molecule has 1 heterocycles. The smallest absolute Gasteiger partial charge is 0.141 e. The number of nitrogens with zero attached hydrogens (tertiary/aromatic N) is 1. The van der Waals surface area contributed by atoms with Crippen LogP contribution in [0.3, 0.4) is 0 Å². The summed E-state index contributed by atoms with van der Waals surface area (Å²) in [6.07, 6.45) is 0. The Balaban J connectivity index is 2.14. The fourth-order valence-electron chi connectivity index (χ4n) is 1.78. The van der Waals surface area contributed by atoms with E-state index >= 15 is 0 Å². The first-order valence-corrected chi connectivity index (χ1v) is 6.11. The SMILES string of the molecule is Fc1ccc(Nc2cscn2)c2ccccc12. The summed E-state index contributed by atoms with van der Waals surface area (Å²) in [5.74, 6) is 0.580. The summed E-state index contributed by atoms with van der Waals surface area (Å²) < 4.78 is 13.6. The van der Waals surface area contributed by atoms with Crippen molar-refractivity contribution in [2.24, 2.45) is 0 Å². The number of aromatic nitrogens is 1. The van der Waals surface area contributed by atoms with Crippen molar-refractivity contribution in [3.63, 3.8) is 0 Å². The van der Waals surface area contributed by atoms with E-state index in [-0.39, 0.29) is 5.82 Å². The van der Waals surface area contributed by atoms with E-state index in [0.29, 0.717) is 5.39 Å². The van der Waals surface area contributed by atoms with Crippen LogP contribution < -0.4 is 5.32 Å². The molecule has 0 aliphatic carbocycles. The maximum atomic E-state index is 13.6. The highest BCUT2D eigenvalue weighted by Crippen LogP contribution is 2.28. The lowest BCUT2D eigenvalue weighted by Crippen LogP contribution is -1.92. The standard InChI is InChI=1S/C13H9FN2S/c14-11-5-6-12(16-13-7-17-8-15-13)10-4-2-1-3-9(10)11/h1-8,16H. The number of rotatable bonds is 2. The molecule has 0 fully saturated rings. The summed E-state index contributed by atoms with van der Waals surface area (Å²) in [4.78, 5) is 4.15. The summed E-state index contributed by atoms with van der Waals surface area (Å²) in [6, 6.07) is 10.6. The van der Waals surface area contributed by atoms with Gasteiger partial charge in [0.25, 0.3) is 0 Å². The molecule has 3 rings (SSSR count). The Labute approximate surface area is 102 Å². The summed E-state index contributed by atoms with van der Waals surface area (Å²) in [5.41, 5.74) is 2.63. The lowest BCUT2D eigenvalue weighted by Gasteiger charge is -2.08. The maximum Gasteiger partial charge on any atom is 0.141 e. The molecular weight excluding hydrogens is 235 g/mol. The van der Waals surface area contributed by atoms with Gasteiger partial charge in [0.1, 0.15) is 11.6 Å². The zero-order chi connectivity index (χ0) is 11.7. The summed E-state index contributed by atoms with van der Waals surface area (Å²) in [6.45, 7) is 0. The lowest BCUT2D eigenvalue weighted by atomic mass is 10.1. The van der Waals surface area contributed by atoms with E-state index < -0.39 is 0 Å². The zero-order valence-electron chi connectivity index (χ0n) is 8.85. The fraction of sp³-hybridized carbons (Fsp3) is 0. The predicted molar refractivity (Wildman–Crippen MR) is 69.3 cm³/mol. The molecule has 0 saturated carbocycles. The molecule has 1 aromatic heterocycles. The van der Waals surface area contributed by atoms with E-state index in [2.05, 4.69) is 10.3 Å². The van der Waals surface area contributed by atoms with Gasteiger partial charge in [-0.1, -0.05) is 24.3 Å². The average Bonchev–Trinajstić information content (AvgIpc) is 2.86. The molecule has 2 aromatic carbocycles. The summed E-state index contributed by atoms with van der Waals surface area (Å²) in [5, 5.41) is 6.58. The normalized spacial score (nSPS) is 10.6. The lowest BCUT2D eigenvalue weighted by molar-refractivity contribution is 0.640. The number of halogens is 1. The molecule has 0 aliphatic rings. The van der Waals surface area contributed by atoms with Crippen LogP contribution in [0.4, 0.5) is 15.9 Å². The first kappa shape index (κ1) is 10.2. The van der Waals surface area contributed by atoms with E-state index in [9.17, 15) is 4.39 Å². The zero-order valence-corrected chi connectivity index (χ0v) is 9.67. The number of thiazole rings is 1. The van der Waals surface area contributed by atoms with Crippen LogP contribution in [0, 0.1) is 5.82 Å². The van der Waals surface area contributed by atoms with Crippen molar-refractivity contribution >= 4 is 33.6 Å². The van der Waals surface area contributed by atoms with Gasteiger partial charge in [0.05, 0.1) is 5.51 Å². The first-order chi connectivity index (χ1) is 8.34. The van der Waals surface area contributed by atoms with E-state index in [4.69, 9.17) is 0 Å². The molecular formula is C13H9FN2S. The van der Waals surface area contributed by atoms with Gasteiger partial charge >= 0.3 is 0 Å². The van der Waals surface area contributed by atoms with Crippen LogP contribution in [0.2, 0.25) is 0 Å². The van der Waals surface area contributed by atoms with E-state index in [0.717, 1.165) is 16.9 Å². The van der Waals surface area contributed by atoms with Gasteiger partial charge in [-0.05, 0) is 12.1 Å². The molecule has 4 heteroatoms. The summed E-state index contributed by atoms with van der Waals surface area (Å²) in [7, 11) is 0. The van der Waals surface area contributed by atoms with Crippen LogP contribution in [-0.2, 0) is 0 Å². The average molecular weight is 244 g/mol. The first-order valence-electron chi connectivity index (χ1n) is 5.17. The second-order valence-electron chi connectivity index (χ2n) is 3.64. The molecule has 0 amide bonds. The Hall–Kier alpha value is -1.94. The maximum absolute atomic E-state index is 13.6.